The summed E-state index contributed by atoms with van der Waals surface area (Å²) in [4.78, 5) is 11.1. The van der Waals surface area contributed by atoms with Gasteiger partial charge in [-0.15, -0.1) is 11.3 Å². The Hall–Kier alpha value is -1.18. The molecule has 0 radical (unpaired) electrons. The number of ether oxygens (including phenoxy) is 1. The third kappa shape index (κ3) is 5.90. The molecule has 1 aliphatic carbocycles. The number of fused-ring (bicyclic) bond motifs is 1. The van der Waals surface area contributed by atoms with Crippen molar-refractivity contribution in [2.75, 3.05) is 39.5 Å². The Labute approximate surface area is 166 Å². The van der Waals surface area contributed by atoms with Crippen molar-refractivity contribution in [1.29, 1.82) is 0 Å². The average Bonchev–Trinajstić information content (AvgIpc) is 3.30. The smallest absolute Gasteiger partial charge is 0.191 e. The van der Waals surface area contributed by atoms with Gasteiger partial charge in [-0.2, -0.15) is 0 Å². The maximum atomic E-state index is 9.36. The molecule has 1 saturated heterocycles. The molecule has 1 aromatic heterocycles. The molecular formula is C20H34N4O2S. The third-order valence-corrected chi connectivity index (χ3v) is 6.71. The monoisotopic (exact) mass is 394 g/mol. The lowest BCUT2D eigenvalue weighted by Gasteiger charge is -2.24. The minimum absolute atomic E-state index is 0.00292. The van der Waals surface area contributed by atoms with Crippen LogP contribution in [0.3, 0.4) is 0 Å². The van der Waals surface area contributed by atoms with Crippen molar-refractivity contribution in [3.63, 3.8) is 0 Å². The number of aryl methyl sites for hydroxylation is 3. The molecule has 0 bridgehead atoms. The fourth-order valence-corrected chi connectivity index (χ4v) is 5.03. The van der Waals surface area contributed by atoms with E-state index in [1.807, 2.05) is 11.3 Å². The first kappa shape index (κ1) is 20.6. The zero-order chi connectivity index (χ0) is 19.0. The predicted octanol–water partition coefficient (Wildman–Crippen LogP) is 2.30. The minimum Gasteiger partial charge on any atom is -0.396 e. The number of thiazole rings is 1. The Morgan fingerprint density at radius 1 is 1.33 bits per heavy atom. The first-order chi connectivity index (χ1) is 13.2. The summed E-state index contributed by atoms with van der Waals surface area (Å²) in [5, 5.41) is 17.4. The van der Waals surface area contributed by atoms with Gasteiger partial charge >= 0.3 is 0 Å². The van der Waals surface area contributed by atoms with Gasteiger partial charge in [-0.3, -0.25) is 4.99 Å². The molecule has 1 fully saturated rings. The van der Waals surface area contributed by atoms with Crippen LogP contribution < -0.4 is 10.6 Å². The summed E-state index contributed by atoms with van der Waals surface area (Å²) in [6.45, 7) is 6.18. The fourth-order valence-electron chi connectivity index (χ4n) is 3.83. The number of hydrogen-bond acceptors (Lipinski definition) is 5. The van der Waals surface area contributed by atoms with E-state index in [2.05, 4.69) is 17.6 Å². The van der Waals surface area contributed by atoms with E-state index in [0.29, 0.717) is 13.2 Å². The van der Waals surface area contributed by atoms with Gasteiger partial charge in [-0.05, 0) is 51.9 Å². The zero-order valence-electron chi connectivity index (χ0n) is 16.6. The lowest BCUT2D eigenvalue weighted by molar-refractivity contribution is 0.131. The van der Waals surface area contributed by atoms with Crippen LogP contribution in [-0.4, -0.2) is 55.5 Å². The summed E-state index contributed by atoms with van der Waals surface area (Å²) < 4.78 is 5.56. The van der Waals surface area contributed by atoms with Crippen molar-refractivity contribution >= 4 is 17.3 Å². The Kier molecular flexibility index (Phi) is 7.91. The second-order valence-corrected chi connectivity index (χ2v) is 8.85. The van der Waals surface area contributed by atoms with Crippen molar-refractivity contribution in [3.05, 3.63) is 15.6 Å². The molecule has 3 rings (SSSR count). The number of aliphatic hydroxyl groups excluding tert-OH is 1. The van der Waals surface area contributed by atoms with Crippen LogP contribution in [0.5, 0.6) is 0 Å². The van der Waals surface area contributed by atoms with E-state index in [0.717, 1.165) is 51.3 Å². The highest BCUT2D eigenvalue weighted by Crippen LogP contribution is 2.32. The van der Waals surface area contributed by atoms with Crippen LogP contribution in [0.1, 0.15) is 54.6 Å². The molecule has 1 unspecified atom stereocenters. The molecule has 2 aliphatic rings. The number of aliphatic imine (C=N–C) groups is 1. The van der Waals surface area contributed by atoms with E-state index >= 15 is 0 Å². The lowest BCUT2D eigenvalue weighted by atomic mass is 9.84. The molecule has 27 heavy (non-hydrogen) atoms. The van der Waals surface area contributed by atoms with Crippen LogP contribution in [0.4, 0.5) is 0 Å². The first-order valence-corrected chi connectivity index (χ1v) is 11.2. The molecule has 152 valence electrons. The molecule has 6 nitrogen and oxygen atoms in total. The first-order valence-electron chi connectivity index (χ1n) is 10.4. The second kappa shape index (κ2) is 10.4. The van der Waals surface area contributed by atoms with Crippen molar-refractivity contribution in [2.24, 2.45) is 10.4 Å². The maximum Gasteiger partial charge on any atom is 0.191 e. The molecule has 3 N–H and O–H groups in total. The number of aliphatic hydroxyl groups is 1. The van der Waals surface area contributed by atoms with E-state index in [-0.39, 0.29) is 12.0 Å². The number of rotatable bonds is 9. The van der Waals surface area contributed by atoms with Gasteiger partial charge in [-0.25, -0.2) is 4.98 Å². The number of hydrogen-bond donors (Lipinski definition) is 3. The van der Waals surface area contributed by atoms with Crippen LogP contribution in [0.15, 0.2) is 4.99 Å². The van der Waals surface area contributed by atoms with Gasteiger partial charge in [0.2, 0.25) is 0 Å². The van der Waals surface area contributed by atoms with Gasteiger partial charge < -0.3 is 20.5 Å². The van der Waals surface area contributed by atoms with Gasteiger partial charge in [0, 0.05) is 43.0 Å². The molecule has 7 heteroatoms. The summed E-state index contributed by atoms with van der Waals surface area (Å²) in [7, 11) is 0. The van der Waals surface area contributed by atoms with Gasteiger partial charge in [0.1, 0.15) is 0 Å². The van der Waals surface area contributed by atoms with E-state index in [4.69, 9.17) is 14.7 Å². The largest absolute Gasteiger partial charge is 0.396 e. The number of nitrogens with zero attached hydrogens (tertiary/aromatic N) is 2. The lowest BCUT2D eigenvalue weighted by Crippen LogP contribution is -2.39. The van der Waals surface area contributed by atoms with Gasteiger partial charge in [0.15, 0.2) is 5.96 Å². The summed E-state index contributed by atoms with van der Waals surface area (Å²) in [5.41, 5.74) is 1.36. The minimum atomic E-state index is -0.00292. The number of aromatic nitrogens is 1. The highest BCUT2D eigenvalue weighted by molar-refractivity contribution is 7.11. The highest BCUT2D eigenvalue weighted by atomic mass is 32.1. The predicted molar refractivity (Wildman–Crippen MR) is 111 cm³/mol. The topological polar surface area (TPSA) is 78.8 Å². The molecule has 0 amide bonds. The molecule has 1 atom stereocenters. The van der Waals surface area contributed by atoms with Crippen molar-refractivity contribution in [2.45, 2.75) is 58.3 Å². The molecule has 1 aromatic rings. The summed E-state index contributed by atoms with van der Waals surface area (Å²) in [6, 6.07) is 0. The Morgan fingerprint density at radius 2 is 2.22 bits per heavy atom. The zero-order valence-corrected chi connectivity index (χ0v) is 17.4. The molecule has 1 aliphatic heterocycles. The van der Waals surface area contributed by atoms with Crippen LogP contribution in [0.25, 0.3) is 0 Å². The Bertz CT molecular complexity index is 588. The highest BCUT2D eigenvalue weighted by Gasteiger charge is 2.34. The SMILES string of the molecule is CCNC(=NCC1(CCO)CCOC1)NCCCc1nc2c(s1)CCCC2. The van der Waals surface area contributed by atoms with Gasteiger partial charge in [0.25, 0.3) is 0 Å². The second-order valence-electron chi connectivity index (χ2n) is 7.69. The van der Waals surface area contributed by atoms with Crippen molar-refractivity contribution in [3.8, 4) is 0 Å². The quantitative estimate of drug-likeness (QED) is 0.340. The molecule has 2 heterocycles. The summed E-state index contributed by atoms with van der Waals surface area (Å²) >= 11 is 1.91. The fraction of sp³-hybridized carbons (Fsp3) is 0.800. The normalized spacial score (nSPS) is 22.7. The molecule has 0 aromatic carbocycles. The van der Waals surface area contributed by atoms with Crippen molar-refractivity contribution in [1.82, 2.24) is 15.6 Å². The summed E-state index contributed by atoms with van der Waals surface area (Å²) in [6.07, 6.45) is 8.83. The summed E-state index contributed by atoms with van der Waals surface area (Å²) in [5.74, 6) is 0.861. The van der Waals surface area contributed by atoms with E-state index < -0.39 is 0 Å². The third-order valence-electron chi connectivity index (χ3n) is 5.49. The van der Waals surface area contributed by atoms with E-state index in [1.165, 1.54) is 41.3 Å². The van der Waals surface area contributed by atoms with Gasteiger partial charge in [-0.1, -0.05) is 0 Å². The number of nitrogens with one attached hydrogen (secondary N) is 2. The maximum absolute atomic E-state index is 9.36. The molecular weight excluding hydrogens is 360 g/mol. The standard InChI is InChI=1S/C20H34N4O2S/c1-2-21-19(23-14-20(9-12-25)10-13-26-15-20)22-11-5-8-18-24-16-6-3-4-7-17(16)27-18/h25H,2-15H2,1H3,(H2,21,22,23). The Morgan fingerprint density at radius 3 is 2.96 bits per heavy atom. The van der Waals surface area contributed by atoms with Gasteiger partial charge in [0.05, 0.1) is 23.9 Å². The average molecular weight is 395 g/mol. The number of guanidine groups is 1. The van der Waals surface area contributed by atoms with Crippen LogP contribution in [0.2, 0.25) is 0 Å². The molecule has 0 saturated carbocycles. The van der Waals surface area contributed by atoms with E-state index in [9.17, 15) is 5.11 Å². The van der Waals surface area contributed by atoms with Crippen molar-refractivity contribution < 1.29 is 9.84 Å². The van der Waals surface area contributed by atoms with Crippen LogP contribution in [0, 0.1) is 5.41 Å². The van der Waals surface area contributed by atoms with E-state index in [1.54, 1.807) is 0 Å². The van der Waals surface area contributed by atoms with Crippen LogP contribution >= 0.6 is 11.3 Å². The van der Waals surface area contributed by atoms with Crippen LogP contribution in [-0.2, 0) is 24.0 Å². The molecule has 0 spiro atoms. The Balaban J connectivity index is 1.45.